The minimum absolute atomic E-state index is 0.162. The summed E-state index contributed by atoms with van der Waals surface area (Å²) in [7, 11) is 0. The Morgan fingerprint density at radius 1 is 1.67 bits per heavy atom. The van der Waals surface area contributed by atoms with Crippen LogP contribution in [0, 0.1) is 4.91 Å². The van der Waals surface area contributed by atoms with Gasteiger partial charge >= 0.3 is 0 Å². The van der Waals surface area contributed by atoms with E-state index in [1.807, 2.05) is 10.8 Å². The number of rotatable bonds is 5. The van der Waals surface area contributed by atoms with Gasteiger partial charge in [0.15, 0.2) is 0 Å². The molecular weight excluding hydrogens is 222 g/mol. The molecule has 0 unspecified atom stereocenters. The fraction of sp³-hybridized carbons (Fsp3) is 0.571. The van der Waals surface area contributed by atoms with Crippen LogP contribution in [-0.4, -0.2) is 14.9 Å². The second kappa shape index (κ2) is 5.03. The second-order valence-corrected chi connectivity index (χ2v) is 3.16. The lowest BCUT2D eigenvalue weighted by Crippen LogP contribution is -2.02. The third kappa shape index (κ3) is 2.41. The lowest BCUT2D eigenvalue weighted by molar-refractivity contribution is 0.643. The van der Waals surface area contributed by atoms with Gasteiger partial charge in [-0.2, -0.15) is 4.91 Å². The standard InChI is InChI=1S/C7H10BrN3O/c8-2-1-4-11-5-3-9-7(11)6-10-12/h3,5H,1-2,4,6H2. The molecule has 0 aliphatic rings. The van der Waals surface area contributed by atoms with E-state index in [4.69, 9.17) is 0 Å². The summed E-state index contributed by atoms with van der Waals surface area (Å²) < 4.78 is 1.95. The maximum Gasteiger partial charge on any atom is 0.139 e. The third-order valence-electron chi connectivity index (χ3n) is 1.54. The molecule has 0 aromatic carbocycles. The average molecular weight is 232 g/mol. The molecule has 0 saturated carbocycles. The van der Waals surface area contributed by atoms with Crippen LogP contribution in [0.3, 0.4) is 0 Å². The predicted molar refractivity (Wildman–Crippen MR) is 50.1 cm³/mol. The molecule has 1 aromatic rings. The van der Waals surface area contributed by atoms with Crippen molar-refractivity contribution in [3.05, 3.63) is 23.1 Å². The van der Waals surface area contributed by atoms with Crippen molar-refractivity contribution in [3.63, 3.8) is 0 Å². The van der Waals surface area contributed by atoms with Gasteiger partial charge in [0.25, 0.3) is 0 Å². The van der Waals surface area contributed by atoms with Crippen LogP contribution in [0.5, 0.6) is 0 Å². The monoisotopic (exact) mass is 231 g/mol. The minimum Gasteiger partial charge on any atom is -0.333 e. The van der Waals surface area contributed by atoms with Gasteiger partial charge in [-0.05, 0) is 6.42 Å². The summed E-state index contributed by atoms with van der Waals surface area (Å²) >= 11 is 3.34. The van der Waals surface area contributed by atoms with Gasteiger partial charge in [0.2, 0.25) is 0 Å². The second-order valence-electron chi connectivity index (χ2n) is 2.37. The van der Waals surface area contributed by atoms with Gasteiger partial charge in [0, 0.05) is 24.3 Å². The Kier molecular flexibility index (Phi) is 3.93. The van der Waals surface area contributed by atoms with Crippen LogP contribution in [0.25, 0.3) is 0 Å². The van der Waals surface area contributed by atoms with Crippen molar-refractivity contribution in [2.24, 2.45) is 5.18 Å². The molecule has 1 rings (SSSR count). The Morgan fingerprint density at radius 3 is 3.17 bits per heavy atom. The van der Waals surface area contributed by atoms with Crippen LogP contribution in [0.2, 0.25) is 0 Å². The predicted octanol–water partition coefficient (Wildman–Crippen LogP) is 1.93. The number of hydrogen-bond acceptors (Lipinski definition) is 3. The molecule has 1 heterocycles. The number of aryl methyl sites for hydroxylation is 1. The molecule has 0 N–H and O–H groups in total. The lowest BCUT2D eigenvalue weighted by atomic mass is 10.4. The molecule has 0 amide bonds. The molecule has 5 heteroatoms. The molecule has 0 atom stereocenters. The highest BCUT2D eigenvalue weighted by atomic mass is 79.9. The Morgan fingerprint density at radius 2 is 2.50 bits per heavy atom. The molecule has 1 aromatic heterocycles. The van der Waals surface area contributed by atoms with Gasteiger partial charge in [-0.15, -0.1) is 0 Å². The number of halogens is 1. The molecule has 4 nitrogen and oxygen atoms in total. The molecule has 0 aliphatic heterocycles. The largest absolute Gasteiger partial charge is 0.333 e. The molecule has 12 heavy (non-hydrogen) atoms. The highest BCUT2D eigenvalue weighted by Crippen LogP contribution is 2.01. The molecule has 0 radical (unpaired) electrons. The van der Waals surface area contributed by atoms with Crippen molar-refractivity contribution >= 4 is 15.9 Å². The first-order valence-corrected chi connectivity index (χ1v) is 4.85. The third-order valence-corrected chi connectivity index (χ3v) is 2.10. The van der Waals surface area contributed by atoms with Crippen molar-refractivity contribution in [1.82, 2.24) is 9.55 Å². The van der Waals surface area contributed by atoms with E-state index in [1.165, 1.54) is 0 Å². The smallest absolute Gasteiger partial charge is 0.139 e. The first-order valence-electron chi connectivity index (χ1n) is 3.73. The number of nitroso groups, excluding NO2 is 1. The summed E-state index contributed by atoms with van der Waals surface area (Å²) in [6, 6.07) is 0. The zero-order chi connectivity index (χ0) is 8.81. The highest BCUT2D eigenvalue weighted by Gasteiger charge is 2.00. The molecule has 0 bridgehead atoms. The highest BCUT2D eigenvalue weighted by molar-refractivity contribution is 9.09. The van der Waals surface area contributed by atoms with Gasteiger partial charge in [-0.25, -0.2) is 4.98 Å². The normalized spacial score (nSPS) is 10.1. The molecule has 0 spiro atoms. The fourth-order valence-electron chi connectivity index (χ4n) is 0.983. The first kappa shape index (κ1) is 9.38. The maximum absolute atomic E-state index is 9.99. The van der Waals surface area contributed by atoms with Crippen LogP contribution in [-0.2, 0) is 13.1 Å². The van der Waals surface area contributed by atoms with E-state index in [9.17, 15) is 4.91 Å². The van der Waals surface area contributed by atoms with E-state index in [-0.39, 0.29) is 6.54 Å². The Bertz CT molecular complexity index is 249. The van der Waals surface area contributed by atoms with Crippen LogP contribution < -0.4 is 0 Å². The topological polar surface area (TPSA) is 47.2 Å². The average Bonchev–Trinajstić information content (AvgIpc) is 2.50. The zero-order valence-corrected chi connectivity index (χ0v) is 8.20. The number of alkyl halides is 1. The number of aromatic nitrogens is 2. The number of hydrogen-bond donors (Lipinski definition) is 0. The Hall–Kier alpha value is -0.710. The molecular formula is C7H10BrN3O. The van der Waals surface area contributed by atoms with Crippen LogP contribution in [0.4, 0.5) is 0 Å². The SMILES string of the molecule is O=NCc1nccn1CCCBr. The molecule has 0 saturated heterocycles. The number of imidazole rings is 1. The van der Waals surface area contributed by atoms with E-state index in [0.717, 1.165) is 24.1 Å². The maximum atomic E-state index is 9.99. The van der Waals surface area contributed by atoms with Crippen molar-refractivity contribution in [3.8, 4) is 0 Å². The minimum atomic E-state index is 0.162. The van der Waals surface area contributed by atoms with Crippen molar-refractivity contribution in [2.75, 3.05) is 5.33 Å². The van der Waals surface area contributed by atoms with Crippen LogP contribution in [0.15, 0.2) is 17.6 Å². The number of nitrogens with zero attached hydrogens (tertiary/aromatic N) is 3. The zero-order valence-electron chi connectivity index (χ0n) is 6.61. The quantitative estimate of drug-likeness (QED) is 0.575. The van der Waals surface area contributed by atoms with Gasteiger partial charge in [-0.3, -0.25) is 0 Å². The molecule has 0 aliphatic carbocycles. The molecule has 66 valence electrons. The van der Waals surface area contributed by atoms with E-state index in [2.05, 4.69) is 26.1 Å². The van der Waals surface area contributed by atoms with Gasteiger partial charge in [0.1, 0.15) is 12.4 Å². The van der Waals surface area contributed by atoms with Crippen LogP contribution in [0.1, 0.15) is 12.2 Å². The Labute approximate surface area is 79.1 Å². The Balaban J connectivity index is 2.57. The summed E-state index contributed by atoms with van der Waals surface area (Å²) in [6.45, 7) is 1.05. The van der Waals surface area contributed by atoms with Gasteiger partial charge < -0.3 is 4.57 Å². The van der Waals surface area contributed by atoms with E-state index in [1.54, 1.807) is 6.20 Å². The fourth-order valence-corrected chi connectivity index (χ4v) is 1.23. The molecule has 0 fully saturated rings. The van der Waals surface area contributed by atoms with E-state index < -0.39 is 0 Å². The lowest BCUT2D eigenvalue weighted by Gasteiger charge is -2.02. The van der Waals surface area contributed by atoms with Gasteiger partial charge in [0.05, 0.1) is 0 Å². The summed E-state index contributed by atoms with van der Waals surface area (Å²) in [5.74, 6) is 0.742. The summed E-state index contributed by atoms with van der Waals surface area (Å²) in [6.07, 6.45) is 4.58. The van der Waals surface area contributed by atoms with Crippen molar-refractivity contribution < 1.29 is 0 Å². The summed E-state index contributed by atoms with van der Waals surface area (Å²) in [4.78, 5) is 14.0. The first-order chi connectivity index (χ1) is 5.88. The van der Waals surface area contributed by atoms with E-state index in [0.29, 0.717) is 0 Å². The van der Waals surface area contributed by atoms with Crippen molar-refractivity contribution in [2.45, 2.75) is 19.5 Å². The van der Waals surface area contributed by atoms with E-state index >= 15 is 0 Å². The summed E-state index contributed by atoms with van der Waals surface area (Å²) in [5.41, 5.74) is 0. The van der Waals surface area contributed by atoms with Gasteiger partial charge in [-0.1, -0.05) is 21.1 Å². The van der Waals surface area contributed by atoms with Crippen LogP contribution >= 0.6 is 15.9 Å². The summed E-state index contributed by atoms with van der Waals surface area (Å²) in [5, 5.41) is 3.76. The van der Waals surface area contributed by atoms with Crippen molar-refractivity contribution in [1.29, 1.82) is 0 Å².